The molecule has 154 valence electrons. The van der Waals surface area contributed by atoms with E-state index in [0.717, 1.165) is 10.5 Å². The average Bonchev–Trinajstić information content (AvgIpc) is 3.31. The molecule has 2 aliphatic rings. The van der Waals surface area contributed by atoms with Gasteiger partial charge in [-0.2, -0.15) is 0 Å². The molecule has 0 saturated carbocycles. The van der Waals surface area contributed by atoms with E-state index in [2.05, 4.69) is 5.32 Å². The number of nitrogens with one attached hydrogen (secondary N) is 1. The first-order valence-corrected chi connectivity index (χ1v) is 9.24. The third kappa shape index (κ3) is 3.69. The fraction of sp³-hybridized carbons (Fsp3) is 0.238. The average molecular weight is 410 g/mol. The summed E-state index contributed by atoms with van der Waals surface area (Å²) in [6.45, 7) is 0.840. The molecule has 2 heterocycles. The zero-order chi connectivity index (χ0) is 21.3. The van der Waals surface area contributed by atoms with Crippen molar-refractivity contribution in [2.75, 3.05) is 19.9 Å². The van der Waals surface area contributed by atoms with Crippen molar-refractivity contribution in [1.29, 1.82) is 0 Å². The van der Waals surface area contributed by atoms with E-state index in [1.807, 2.05) is 0 Å². The molecule has 2 aliphatic heterocycles. The lowest BCUT2D eigenvalue weighted by atomic mass is 10.1. The Hall–Kier alpha value is -3.88. The molecule has 0 aromatic heterocycles. The van der Waals surface area contributed by atoms with E-state index >= 15 is 0 Å². The van der Waals surface area contributed by atoms with Crippen LogP contribution in [0, 0.1) is 0 Å². The van der Waals surface area contributed by atoms with Crippen molar-refractivity contribution in [3.8, 4) is 11.5 Å². The maximum atomic E-state index is 12.3. The number of nitrogens with zero attached hydrogens (tertiary/aromatic N) is 1. The molecule has 30 heavy (non-hydrogen) atoms. The maximum absolute atomic E-state index is 12.3. The van der Waals surface area contributed by atoms with Crippen LogP contribution in [0.25, 0.3) is 0 Å². The molecule has 0 radical (unpaired) electrons. The highest BCUT2D eigenvalue weighted by Gasteiger charge is 2.36. The Labute approximate surface area is 171 Å². The molecule has 4 rings (SSSR count). The van der Waals surface area contributed by atoms with Crippen LogP contribution in [-0.2, 0) is 14.3 Å². The first-order valence-electron chi connectivity index (χ1n) is 9.24. The minimum absolute atomic E-state index is 0.155. The second kappa shape index (κ2) is 7.86. The van der Waals surface area contributed by atoms with Crippen LogP contribution >= 0.6 is 0 Å². The number of imide groups is 1. The molecule has 1 atom stereocenters. The minimum atomic E-state index is -0.851. The van der Waals surface area contributed by atoms with Gasteiger partial charge >= 0.3 is 5.97 Å². The highest BCUT2D eigenvalue weighted by atomic mass is 16.7. The highest BCUT2D eigenvalue weighted by Crippen LogP contribution is 2.34. The lowest BCUT2D eigenvalue weighted by Gasteiger charge is -2.16. The van der Waals surface area contributed by atoms with Gasteiger partial charge < -0.3 is 19.5 Å². The number of amides is 3. The number of fused-ring (bicyclic) bond motifs is 2. The molecule has 3 amide bonds. The molecule has 0 unspecified atom stereocenters. The summed E-state index contributed by atoms with van der Waals surface area (Å²) in [6.07, 6.45) is 0. The first kappa shape index (κ1) is 19.4. The highest BCUT2D eigenvalue weighted by molar-refractivity contribution is 6.22. The van der Waals surface area contributed by atoms with Gasteiger partial charge in [-0.15, -0.1) is 0 Å². The Kier molecular flexibility index (Phi) is 5.09. The van der Waals surface area contributed by atoms with Crippen molar-refractivity contribution < 1.29 is 33.4 Å². The number of hydrogen-bond acceptors (Lipinski definition) is 7. The summed E-state index contributed by atoms with van der Waals surface area (Å²) in [5.41, 5.74) is 1.28. The zero-order valence-corrected chi connectivity index (χ0v) is 16.0. The number of benzene rings is 2. The largest absolute Gasteiger partial charge is 0.454 e. The summed E-state index contributed by atoms with van der Waals surface area (Å²) in [5, 5.41) is 2.71. The van der Waals surface area contributed by atoms with Gasteiger partial charge in [0.05, 0.1) is 17.2 Å². The van der Waals surface area contributed by atoms with E-state index in [0.29, 0.717) is 11.5 Å². The van der Waals surface area contributed by atoms with Crippen LogP contribution in [0.4, 0.5) is 0 Å². The quantitative estimate of drug-likeness (QED) is 0.566. The second-order valence-corrected chi connectivity index (χ2v) is 6.80. The van der Waals surface area contributed by atoms with Crippen molar-refractivity contribution >= 4 is 23.7 Å². The summed E-state index contributed by atoms with van der Waals surface area (Å²) in [4.78, 5) is 49.5. The van der Waals surface area contributed by atoms with Gasteiger partial charge in [-0.3, -0.25) is 24.1 Å². The number of rotatable bonds is 6. The lowest BCUT2D eigenvalue weighted by Crippen LogP contribution is -2.37. The maximum Gasteiger partial charge on any atom is 0.326 e. The number of carbonyl (C=O) groups is 4. The summed E-state index contributed by atoms with van der Waals surface area (Å²) in [6, 6.07) is 11.3. The van der Waals surface area contributed by atoms with Crippen LogP contribution < -0.4 is 14.8 Å². The lowest BCUT2D eigenvalue weighted by molar-refractivity contribution is -0.148. The molecule has 0 bridgehead atoms. The summed E-state index contributed by atoms with van der Waals surface area (Å²) in [7, 11) is 0. The second-order valence-electron chi connectivity index (χ2n) is 6.80. The number of hydrogen-bond donors (Lipinski definition) is 1. The van der Waals surface area contributed by atoms with Crippen molar-refractivity contribution in [3.63, 3.8) is 0 Å². The molecule has 1 N–H and O–H groups in total. The molecule has 9 heteroatoms. The molecule has 0 spiro atoms. The Balaban J connectivity index is 1.27. The van der Waals surface area contributed by atoms with Crippen molar-refractivity contribution in [2.45, 2.75) is 13.0 Å². The van der Waals surface area contributed by atoms with E-state index in [1.165, 1.54) is 12.1 Å². The fourth-order valence-corrected chi connectivity index (χ4v) is 3.25. The number of carbonyl (C=O) groups excluding carboxylic acids is 4. The molecule has 2 aromatic carbocycles. The van der Waals surface area contributed by atoms with Crippen LogP contribution in [-0.4, -0.2) is 48.5 Å². The fourth-order valence-electron chi connectivity index (χ4n) is 3.25. The van der Waals surface area contributed by atoms with Gasteiger partial charge in [0.15, 0.2) is 18.1 Å². The molecule has 0 saturated heterocycles. The smallest absolute Gasteiger partial charge is 0.326 e. The number of ether oxygens (including phenoxy) is 3. The van der Waals surface area contributed by atoms with E-state index in [4.69, 9.17) is 14.2 Å². The minimum Gasteiger partial charge on any atom is -0.454 e. The molecule has 0 fully saturated rings. The van der Waals surface area contributed by atoms with E-state index < -0.39 is 36.8 Å². The zero-order valence-electron chi connectivity index (χ0n) is 16.0. The molecule has 9 nitrogen and oxygen atoms in total. The van der Waals surface area contributed by atoms with Crippen LogP contribution in [0.5, 0.6) is 11.5 Å². The van der Waals surface area contributed by atoms with Gasteiger partial charge in [-0.05, 0) is 36.8 Å². The topological polar surface area (TPSA) is 111 Å². The van der Waals surface area contributed by atoms with Gasteiger partial charge in [0.2, 0.25) is 6.79 Å². The predicted octanol–water partition coefficient (Wildman–Crippen LogP) is 1.43. The van der Waals surface area contributed by atoms with E-state index in [9.17, 15) is 19.2 Å². The predicted molar refractivity (Wildman–Crippen MR) is 102 cm³/mol. The van der Waals surface area contributed by atoms with Gasteiger partial charge in [0.1, 0.15) is 6.54 Å². The van der Waals surface area contributed by atoms with Crippen LogP contribution in [0.3, 0.4) is 0 Å². The summed E-state index contributed by atoms with van der Waals surface area (Å²) < 4.78 is 15.5. The van der Waals surface area contributed by atoms with E-state index in [-0.39, 0.29) is 24.0 Å². The molecular weight excluding hydrogens is 392 g/mol. The Morgan fingerprint density at radius 3 is 2.43 bits per heavy atom. The van der Waals surface area contributed by atoms with Gasteiger partial charge in [-0.25, -0.2) is 0 Å². The third-order valence-electron chi connectivity index (χ3n) is 4.80. The van der Waals surface area contributed by atoms with Crippen LogP contribution in [0.15, 0.2) is 42.5 Å². The summed E-state index contributed by atoms with van der Waals surface area (Å²) >= 11 is 0. The Bertz CT molecular complexity index is 1010. The number of esters is 1. The van der Waals surface area contributed by atoms with Crippen molar-refractivity contribution in [2.24, 2.45) is 0 Å². The summed E-state index contributed by atoms with van der Waals surface area (Å²) in [5.74, 6) is -1.26. The molecule has 2 aromatic rings. The van der Waals surface area contributed by atoms with Gasteiger partial charge in [0, 0.05) is 0 Å². The monoisotopic (exact) mass is 410 g/mol. The normalized spacial score (nSPS) is 15.0. The van der Waals surface area contributed by atoms with Crippen molar-refractivity contribution in [1.82, 2.24) is 10.2 Å². The standard InChI is InChI=1S/C21H18N2O7/c1-12(13-6-7-16-17(8-13)30-11-29-16)22-18(24)10-28-19(25)9-23-20(26)14-4-2-3-5-15(14)21(23)27/h2-8,12H,9-11H2,1H3,(H,22,24)/t12-/m0/s1. The Morgan fingerprint density at radius 1 is 1.07 bits per heavy atom. The molecular formula is C21H18N2O7. The van der Waals surface area contributed by atoms with Crippen LogP contribution in [0.1, 0.15) is 39.2 Å². The Morgan fingerprint density at radius 2 is 1.73 bits per heavy atom. The first-order chi connectivity index (χ1) is 14.4. The molecule has 0 aliphatic carbocycles. The SMILES string of the molecule is C[C@H](NC(=O)COC(=O)CN1C(=O)c2ccccc2C1=O)c1ccc2c(c1)OCO2. The van der Waals surface area contributed by atoms with Crippen LogP contribution in [0.2, 0.25) is 0 Å². The van der Waals surface area contributed by atoms with Gasteiger partial charge in [-0.1, -0.05) is 18.2 Å². The van der Waals surface area contributed by atoms with Crippen molar-refractivity contribution in [3.05, 3.63) is 59.2 Å². The third-order valence-corrected chi connectivity index (χ3v) is 4.80. The van der Waals surface area contributed by atoms with Gasteiger partial charge in [0.25, 0.3) is 17.7 Å². The van der Waals surface area contributed by atoms with E-state index in [1.54, 1.807) is 37.3 Å².